The molecule has 0 fully saturated rings. The van der Waals surface area contributed by atoms with Gasteiger partial charge in [0, 0.05) is 0 Å². The van der Waals surface area contributed by atoms with E-state index in [2.05, 4.69) is 12.0 Å². The zero-order valence-corrected chi connectivity index (χ0v) is 8.15. The fraction of sp³-hybridized carbons (Fsp3) is 0.273. The maximum atomic E-state index is 8.84. The molecule has 0 aliphatic rings. The van der Waals surface area contributed by atoms with Crippen molar-refractivity contribution in [3.05, 3.63) is 24.3 Å². The molecule has 0 aromatic heterocycles. The molecule has 14 heavy (non-hydrogen) atoms. The Bertz CT molecular complexity index is 330. The van der Waals surface area contributed by atoms with Crippen molar-refractivity contribution < 1.29 is 14.6 Å². The molecule has 3 heteroatoms. The molecule has 3 nitrogen and oxygen atoms in total. The average molecular weight is 192 g/mol. The molecule has 1 unspecified atom stereocenters. The molecule has 0 amide bonds. The monoisotopic (exact) mass is 192 g/mol. The third-order valence-corrected chi connectivity index (χ3v) is 1.50. The van der Waals surface area contributed by atoms with Crippen LogP contribution in [0, 0.1) is 12.0 Å². The molecule has 0 bridgehead atoms. The molecule has 0 saturated heterocycles. The normalized spacial score (nSPS) is 11.1. The number of benzene rings is 1. The summed E-state index contributed by atoms with van der Waals surface area (Å²) in [5, 5.41) is 8.84. The van der Waals surface area contributed by atoms with Crippen LogP contribution in [-0.4, -0.2) is 18.3 Å². The lowest BCUT2D eigenvalue weighted by molar-refractivity contribution is 0.252. The van der Waals surface area contributed by atoms with Crippen molar-refractivity contribution >= 4 is 0 Å². The number of aliphatic hydroxyl groups is 1. The molecule has 1 aromatic rings. The minimum Gasteiger partial charge on any atom is -0.497 e. The molecule has 1 rings (SSSR count). The van der Waals surface area contributed by atoms with E-state index in [-0.39, 0.29) is 0 Å². The standard InChI is InChI=1S/C11H12O3/c1-9(12)7-8-14-11-5-3-10(13-2)4-6-11/h3-6,9,12H,1-2H3. The molecule has 0 spiro atoms. The van der Waals surface area contributed by atoms with Crippen LogP contribution in [0.15, 0.2) is 24.3 Å². The minimum absolute atomic E-state index is 0.624. The summed E-state index contributed by atoms with van der Waals surface area (Å²) in [6.45, 7) is 1.57. The number of aliphatic hydroxyl groups excluding tert-OH is 1. The summed E-state index contributed by atoms with van der Waals surface area (Å²) in [4.78, 5) is 0. The van der Waals surface area contributed by atoms with Crippen LogP contribution < -0.4 is 9.47 Å². The highest BCUT2D eigenvalue weighted by Gasteiger charge is 1.92. The van der Waals surface area contributed by atoms with Crippen molar-refractivity contribution in [1.29, 1.82) is 0 Å². The molecule has 1 aromatic carbocycles. The predicted octanol–water partition coefficient (Wildman–Crippen LogP) is 1.42. The molecule has 0 heterocycles. The van der Waals surface area contributed by atoms with Crippen LogP contribution in [-0.2, 0) is 0 Å². The quantitative estimate of drug-likeness (QED) is 0.720. The summed E-state index contributed by atoms with van der Waals surface area (Å²) in [5.74, 6) is 3.86. The SMILES string of the molecule is COc1ccc(OC#CC(C)O)cc1. The van der Waals surface area contributed by atoms with Crippen molar-refractivity contribution in [2.45, 2.75) is 13.0 Å². The average Bonchev–Trinajstić information content (AvgIpc) is 2.18. The molecule has 0 radical (unpaired) electrons. The van der Waals surface area contributed by atoms with Crippen LogP contribution in [0.5, 0.6) is 11.5 Å². The lowest BCUT2D eigenvalue weighted by Crippen LogP contribution is -1.94. The summed E-state index contributed by atoms with van der Waals surface area (Å²) in [7, 11) is 1.60. The lowest BCUT2D eigenvalue weighted by Gasteiger charge is -2.00. The topological polar surface area (TPSA) is 38.7 Å². The maximum Gasteiger partial charge on any atom is 0.140 e. The van der Waals surface area contributed by atoms with Crippen molar-refractivity contribution in [3.63, 3.8) is 0 Å². The first kappa shape index (κ1) is 10.4. The van der Waals surface area contributed by atoms with Gasteiger partial charge in [0.05, 0.1) is 7.11 Å². The molecule has 0 aliphatic carbocycles. The number of hydrogen-bond donors (Lipinski definition) is 1. The van der Waals surface area contributed by atoms with Crippen LogP contribution in [0.1, 0.15) is 6.92 Å². The molecule has 0 aliphatic heterocycles. The summed E-state index contributed by atoms with van der Waals surface area (Å²) >= 11 is 0. The molecule has 74 valence electrons. The van der Waals surface area contributed by atoms with E-state index in [1.54, 1.807) is 38.3 Å². The van der Waals surface area contributed by atoms with Crippen molar-refractivity contribution in [1.82, 2.24) is 0 Å². The van der Waals surface area contributed by atoms with Gasteiger partial charge in [0.1, 0.15) is 23.7 Å². The molecular formula is C11H12O3. The Hall–Kier alpha value is -1.66. The molecule has 1 atom stereocenters. The van der Waals surface area contributed by atoms with Gasteiger partial charge in [-0.2, -0.15) is 0 Å². The van der Waals surface area contributed by atoms with Gasteiger partial charge >= 0.3 is 0 Å². The summed E-state index contributed by atoms with van der Waals surface area (Å²) in [6, 6.07) is 7.05. The van der Waals surface area contributed by atoms with Crippen molar-refractivity contribution in [3.8, 4) is 23.5 Å². The largest absolute Gasteiger partial charge is 0.497 e. The Morgan fingerprint density at radius 2 is 1.79 bits per heavy atom. The van der Waals surface area contributed by atoms with Gasteiger partial charge in [-0.15, -0.1) is 0 Å². The summed E-state index contributed by atoms with van der Waals surface area (Å²) in [5.41, 5.74) is 0. The van der Waals surface area contributed by atoms with Gasteiger partial charge in [-0.1, -0.05) is 0 Å². The van der Waals surface area contributed by atoms with Crippen molar-refractivity contribution in [2.75, 3.05) is 7.11 Å². The van der Waals surface area contributed by atoms with E-state index in [1.807, 2.05) is 0 Å². The van der Waals surface area contributed by atoms with Gasteiger partial charge in [0.15, 0.2) is 0 Å². The highest BCUT2D eigenvalue weighted by molar-refractivity contribution is 5.32. The van der Waals surface area contributed by atoms with Gasteiger partial charge in [0.2, 0.25) is 0 Å². The van der Waals surface area contributed by atoms with Gasteiger partial charge in [-0.05, 0) is 37.1 Å². The highest BCUT2D eigenvalue weighted by atomic mass is 16.5. The van der Waals surface area contributed by atoms with Gasteiger partial charge < -0.3 is 14.6 Å². The lowest BCUT2D eigenvalue weighted by atomic mass is 10.3. The Morgan fingerprint density at radius 3 is 2.29 bits per heavy atom. The third kappa shape index (κ3) is 3.38. The first-order valence-electron chi connectivity index (χ1n) is 4.22. The Morgan fingerprint density at radius 1 is 1.21 bits per heavy atom. The van der Waals surface area contributed by atoms with Crippen LogP contribution in [0.3, 0.4) is 0 Å². The number of rotatable bonds is 2. The summed E-state index contributed by atoms with van der Waals surface area (Å²) in [6.07, 6.45) is 1.72. The second kappa shape index (κ2) is 5.15. The summed E-state index contributed by atoms with van der Waals surface area (Å²) < 4.78 is 10.0. The zero-order valence-electron chi connectivity index (χ0n) is 8.15. The van der Waals surface area contributed by atoms with E-state index >= 15 is 0 Å². The molecule has 0 saturated carbocycles. The van der Waals surface area contributed by atoms with E-state index in [4.69, 9.17) is 14.6 Å². The molecule has 1 N–H and O–H groups in total. The maximum absolute atomic E-state index is 8.84. The van der Waals surface area contributed by atoms with Crippen LogP contribution in [0.25, 0.3) is 0 Å². The second-order valence-corrected chi connectivity index (χ2v) is 2.70. The molecular weight excluding hydrogens is 180 g/mol. The van der Waals surface area contributed by atoms with E-state index in [9.17, 15) is 0 Å². The van der Waals surface area contributed by atoms with E-state index in [0.717, 1.165) is 5.75 Å². The highest BCUT2D eigenvalue weighted by Crippen LogP contribution is 2.16. The zero-order chi connectivity index (χ0) is 10.4. The van der Waals surface area contributed by atoms with Crippen LogP contribution in [0.2, 0.25) is 0 Å². The third-order valence-electron chi connectivity index (χ3n) is 1.50. The Kier molecular flexibility index (Phi) is 3.84. The second-order valence-electron chi connectivity index (χ2n) is 2.70. The Labute approximate surface area is 83.3 Å². The van der Waals surface area contributed by atoms with E-state index < -0.39 is 6.10 Å². The van der Waals surface area contributed by atoms with Crippen LogP contribution >= 0.6 is 0 Å². The first-order chi connectivity index (χ1) is 6.72. The Balaban J connectivity index is 2.57. The number of hydrogen-bond acceptors (Lipinski definition) is 3. The van der Waals surface area contributed by atoms with E-state index in [1.165, 1.54) is 0 Å². The number of methoxy groups -OCH3 is 1. The first-order valence-corrected chi connectivity index (χ1v) is 4.22. The van der Waals surface area contributed by atoms with E-state index in [0.29, 0.717) is 5.75 Å². The fourth-order valence-corrected chi connectivity index (χ4v) is 0.817. The smallest absolute Gasteiger partial charge is 0.140 e. The van der Waals surface area contributed by atoms with Gasteiger partial charge in [0.25, 0.3) is 0 Å². The fourth-order valence-electron chi connectivity index (χ4n) is 0.817. The van der Waals surface area contributed by atoms with Gasteiger partial charge in [-0.25, -0.2) is 0 Å². The minimum atomic E-state index is -0.673. The van der Waals surface area contributed by atoms with Crippen LogP contribution in [0.4, 0.5) is 0 Å². The number of ether oxygens (including phenoxy) is 2. The predicted molar refractivity (Wildman–Crippen MR) is 53.1 cm³/mol. The van der Waals surface area contributed by atoms with Crippen molar-refractivity contribution in [2.24, 2.45) is 0 Å². The van der Waals surface area contributed by atoms with Gasteiger partial charge in [-0.3, -0.25) is 0 Å².